The molecule has 0 aliphatic heterocycles. The van der Waals surface area contributed by atoms with Gasteiger partial charge < -0.3 is 18.5 Å². The summed E-state index contributed by atoms with van der Waals surface area (Å²) in [5.74, 6) is 1.30. The summed E-state index contributed by atoms with van der Waals surface area (Å²) in [6.07, 6.45) is 7.35. The Balaban J connectivity index is 1.57. The Hall–Kier alpha value is -3.65. The van der Waals surface area contributed by atoms with Crippen LogP contribution in [0.2, 0.25) is 0 Å². The van der Waals surface area contributed by atoms with Crippen molar-refractivity contribution in [2.24, 2.45) is 10.2 Å². The number of hydrogen-bond donors (Lipinski definition) is 0. The summed E-state index contributed by atoms with van der Waals surface area (Å²) in [5, 5.41) is 11.8. The van der Waals surface area contributed by atoms with E-state index < -0.39 is 0 Å². The van der Waals surface area contributed by atoms with Gasteiger partial charge in [0.15, 0.2) is 11.5 Å². The van der Waals surface area contributed by atoms with Gasteiger partial charge in [-0.1, -0.05) is 37.5 Å². The lowest BCUT2D eigenvalue weighted by atomic mass is 9.95. The molecular formula is C27H27N3O4S. The number of nitrogens with zero attached hydrogens (tertiary/aromatic N) is 3. The zero-order chi connectivity index (χ0) is 24.2. The van der Waals surface area contributed by atoms with Crippen LogP contribution >= 0.6 is 11.3 Å². The fourth-order valence-electron chi connectivity index (χ4n) is 4.60. The number of aromatic nitrogens is 1. The van der Waals surface area contributed by atoms with Crippen LogP contribution in [0.1, 0.15) is 43.7 Å². The van der Waals surface area contributed by atoms with E-state index in [0.717, 1.165) is 47.1 Å². The van der Waals surface area contributed by atoms with E-state index in [4.69, 9.17) is 13.9 Å². The van der Waals surface area contributed by atoms with E-state index in [2.05, 4.69) is 14.8 Å². The number of para-hydroxylation sites is 1. The summed E-state index contributed by atoms with van der Waals surface area (Å²) in [5.41, 5.74) is 2.48. The van der Waals surface area contributed by atoms with Crippen LogP contribution in [0, 0.1) is 0 Å². The molecule has 180 valence electrons. The third-order valence-electron chi connectivity index (χ3n) is 6.36. The monoisotopic (exact) mass is 489 g/mol. The smallest absolute Gasteiger partial charge is 0.345 e. The first-order valence-electron chi connectivity index (χ1n) is 11.7. The number of ether oxygens (including phenoxy) is 2. The maximum Gasteiger partial charge on any atom is 0.345 e. The van der Waals surface area contributed by atoms with Crippen molar-refractivity contribution in [2.75, 3.05) is 14.2 Å². The minimum Gasteiger partial charge on any atom is -0.493 e. The average molecular weight is 490 g/mol. The Morgan fingerprint density at radius 2 is 1.83 bits per heavy atom. The Morgan fingerprint density at radius 3 is 2.63 bits per heavy atom. The lowest BCUT2D eigenvalue weighted by molar-refractivity contribution is 0.350. The Labute approximate surface area is 207 Å². The summed E-state index contributed by atoms with van der Waals surface area (Å²) in [4.78, 5) is 13.7. The molecular weight excluding hydrogens is 462 g/mol. The third kappa shape index (κ3) is 4.79. The van der Waals surface area contributed by atoms with Crippen LogP contribution in [0.25, 0.3) is 22.2 Å². The zero-order valence-corrected chi connectivity index (χ0v) is 20.6. The molecule has 0 amide bonds. The van der Waals surface area contributed by atoms with Crippen molar-refractivity contribution in [3.05, 3.63) is 74.7 Å². The van der Waals surface area contributed by atoms with Gasteiger partial charge in [-0.05, 0) is 48.7 Å². The molecule has 2 aromatic heterocycles. The SMILES string of the molecule is COc1ccc(/C=N/N=c2/scc(-c3cc4ccccc4oc3=O)n2C2CCCCC2)cc1OC. The third-order valence-corrected chi connectivity index (χ3v) is 7.19. The maximum absolute atomic E-state index is 12.9. The number of methoxy groups -OCH3 is 2. The molecule has 1 fully saturated rings. The Morgan fingerprint density at radius 1 is 1.03 bits per heavy atom. The quantitative estimate of drug-likeness (QED) is 0.195. The van der Waals surface area contributed by atoms with E-state index in [-0.39, 0.29) is 11.7 Å². The summed E-state index contributed by atoms with van der Waals surface area (Å²) in [7, 11) is 3.21. The molecule has 7 nitrogen and oxygen atoms in total. The molecule has 0 unspecified atom stereocenters. The number of rotatable bonds is 6. The highest BCUT2D eigenvalue weighted by molar-refractivity contribution is 7.07. The summed E-state index contributed by atoms with van der Waals surface area (Å²) in [6.45, 7) is 0. The molecule has 1 aliphatic carbocycles. The molecule has 0 saturated heterocycles. The zero-order valence-electron chi connectivity index (χ0n) is 19.8. The van der Waals surface area contributed by atoms with Gasteiger partial charge in [-0.25, -0.2) is 4.79 Å². The largest absolute Gasteiger partial charge is 0.493 e. The molecule has 5 rings (SSSR count). The molecule has 2 aromatic carbocycles. The van der Waals surface area contributed by atoms with E-state index in [1.54, 1.807) is 20.4 Å². The second-order valence-corrected chi connectivity index (χ2v) is 9.35. The molecule has 1 saturated carbocycles. The molecule has 4 aromatic rings. The van der Waals surface area contributed by atoms with Crippen LogP contribution in [0.4, 0.5) is 0 Å². The van der Waals surface area contributed by atoms with Gasteiger partial charge in [-0.15, -0.1) is 16.4 Å². The molecule has 8 heteroatoms. The van der Waals surface area contributed by atoms with Gasteiger partial charge in [-0.2, -0.15) is 5.10 Å². The van der Waals surface area contributed by atoms with E-state index in [1.165, 1.54) is 17.8 Å². The van der Waals surface area contributed by atoms with Gasteiger partial charge in [0.25, 0.3) is 0 Å². The first kappa shape index (κ1) is 23.1. The molecule has 0 spiro atoms. The van der Waals surface area contributed by atoms with Crippen LogP contribution in [0.5, 0.6) is 11.5 Å². The number of benzene rings is 2. The number of thiazole rings is 1. The molecule has 0 bridgehead atoms. The predicted molar refractivity (Wildman–Crippen MR) is 139 cm³/mol. The number of fused-ring (bicyclic) bond motifs is 1. The Bertz CT molecular complexity index is 1490. The molecule has 1 aliphatic rings. The van der Waals surface area contributed by atoms with Gasteiger partial charge in [0, 0.05) is 16.8 Å². The average Bonchev–Trinajstić information content (AvgIpc) is 3.32. The highest BCUT2D eigenvalue weighted by atomic mass is 32.1. The van der Waals surface area contributed by atoms with Gasteiger partial charge >= 0.3 is 5.63 Å². The Kier molecular flexibility index (Phi) is 6.81. The molecule has 0 N–H and O–H groups in total. The van der Waals surface area contributed by atoms with Gasteiger partial charge in [0.05, 0.1) is 31.7 Å². The maximum atomic E-state index is 12.9. The summed E-state index contributed by atoms with van der Waals surface area (Å²) < 4.78 is 18.5. The van der Waals surface area contributed by atoms with Crippen LogP contribution in [0.3, 0.4) is 0 Å². The first-order chi connectivity index (χ1) is 17.2. The van der Waals surface area contributed by atoms with E-state index in [0.29, 0.717) is 22.6 Å². The van der Waals surface area contributed by atoms with Crippen molar-refractivity contribution in [1.29, 1.82) is 0 Å². The fourth-order valence-corrected chi connectivity index (χ4v) is 5.51. The second-order valence-electron chi connectivity index (χ2n) is 8.51. The highest BCUT2D eigenvalue weighted by Gasteiger charge is 2.22. The molecule has 0 atom stereocenters. The molecule has 35 heavy (non-hydrogen) atoms. The van der Waals surface area contributed by atoms with Gasteiger partial charge in [-0.3, -0.25) is 0 Å². The number of hydrogen-bond acceptors (Lipinski definition) is 7. The van der Waals surface area contributed by atoms with Crippen LogP contribution in [0.15, 0.2) is 73.3 Å². The summed E-state index contributed by atoms with van der Waals surface area (Å²) >= 11 is 1.48. The fraction of sp³-hybridized carbons (Fsp3) is 0.296. The molecule has 2 heterocycles. The van der Waals surface area contributed by atoms with E-state index >= 15 is 0 Å². The highest BCUT2D eigenvalue weighted by Crippen LogP contribution is 2.32. The molecule has 0 radical (unpaired) electrons. The van der Waals surface area contributed by atoms with Crippen molar-refractivity contribution >= 4 is 28.5 Å². The first-order valence-corrected chi connectivity index (χ1v) is 12.6. The minimum absolute atomic E-state index is 0.269. The van der Waals surface area contributed by atoms with Gasteiger partial charge in [0.1, 0.15) is 5.58 Å². The minimum atomic E-state index is -0.341. The van der Waals surface area contributed by atoms with Crippen molar-refractivity contribution < 1.29 is 13.9 Å². The van der Waals surface area contributed by atoms with Crippen LogP contribution < -0.4 is 19.9 Å². The summed E-state index contributed by atoms with van der Waals surface area (Å²) in [6, 6.07) is 15.4. The van der Waals surface area contributed by atoms with Crippen molar-refractivity contribution in [3.8, 4) is 22.8 Å². The van der Waals surface area contributed by atoms with E-state index in [1.807, 2.05) is 53.9 Å². The van der Waals surface area contributed by atoms with Gasteiger partial charge in [0.2, 0.25) is 4.80 Å². The standard InChI is InChI=1S/C27H27N3O4S/c1-32-24-13-12-18(14-25(24)33-2)16-28-29-27-30(20-9-4-3-5-10-20)22(17-35-27)21-15-19-8-6-7-11-23(19)34-26(21)31/h6-8,11-17,20H,3-5,9-10H2,1-2H3/b28-16+,29-27+. The van der Waals surface area contributed by atoms with Crippen LogP contribution in [-0.4, -0.2) is 25.0 Å². The van der Waals surface area contributed by atoms with Crippen LogP contribution in [-0.2, 0) is 0 Å². The lowest BCUT2D eigenvalue weighted by Crippen LogP contribution is -2.24. The van der Waals surface area contributed by atoms with Crippen molar-refractivity contribution in [3.63, 3.8) is 0 Å². The van der Waals surface area contributed by atoms with E-state index in [9.17, 15) is 4.79 Å². The predicted octanol–water partition coefficient (Wildman–Crippen LogP) is 5.78. The second kappa shape index (κ2) is 10.3. The topological polar surface area (TPSA) is 78.3 Å². The lowest BCUT2D eigenvalue weighted by Gasteiger charge is -2.24. The normalized spacial score (nSPS) is 15.2. The van der Waals surface area contributed by atoms with Crippen molar-refractivity contribution in [1.82, 2.24) is 4.57 Å². The van der Waals surface area contributed by atoms with Crippen molar-refractivity contribution in [2.45, 2.75) is 38.1 Å².